The van der Waals surface area contributed by atoms with Crippen molar-refractivity contribution in [3.8, 4) is 0 Å². The molecular weight excluding hydrogens is 238 g/mol. The van der Waals surface area contributed by atoms with Crippen molar-refractivity contribution in [1.82, 2.24) is 0 Å². The maximum Gasteiger partial charge on any atom is 0.185 e. The van der Waals surface area contributed by atoms with Crippen molar-refractivity contribution in [3.05, 3.63) is 29.3 Å². The monoisotopic (exact) mass is 255 g/mol. The fraction of sp³-hybridized carbons (Fsp3) is 0.417. The van der Waals surface area contributed by atoms with Crippen LogP contribution in [0.4, 0.5) is 5.69 Å². The molecule has 4 N–H and O–H groups in total. The van der Waals surface area contributed by atoms with E-state index in [-0.39, 0.29) is 10.9 Å². The van der Waals surface area contributed by atoms with Gasteiger partial charge in [-0.05, 0) is 30.2 Å². The smallest absolute Gasteiger partial charge is 0.185 e. The fourth-order valence-electron chi connectivity index (χ4n) is 1.53. The summed E-state index contributed by atoms with van der Waals surface area (Å²) in [5, 5.41) is 19.6. The Morgan fingerprint density at radius 3 is 2.59 bits per heavy atom. The number of benzene rings is 1. The number of hydrogen-bond acceptors (Lipinski definition) is 5. The first-order valence-corrected chi connectivity index (χ1v) is 6.25. The van der Waals surface area contributed by atoms with Crippen molar-refractivity contribution >= 4 is 22.6 Å². The number of rotatable bonds is 4. The zero-order valence-electron chi connectivity index (χ0n) is 9.88. The number of carbonyl (C=O) groups excluding carboxylic acids is 1. The van der Waals surface area contributed by atoms with Crippen molar-refractivity contribution in [2.45, 2.75) is 26.1 Å². The van der Waals surface area contributed by atoms with Gasteiger partial charge in [-0.2, -0.15) is 0 Å². The first-order chi connectivity index (χ1) is 7.90. The summed E-state index contributed by atoms with van der Waals surface area (Å²) in [4.78, 5) is 10.8. The van der Waals surface area contributed by atoms with Crippen LogP contribution in [0.2, 0.25) is 0 Å². The van der Waals surface area contributed by atoms with E-state index in [1.807, 2.05) is 6.92 Å². The Morgan fingerprint density at radius 2 is 2.06 bits per heavy atom. The van der Waals surface area contributed by atoms with Gasteiger partial charge in [0.15, 0.2) is 5.12 Å². The molecule has 0 amide bonds. The van der Waals surface area contributed by atoms with E-state index in [1.165, 1.54) is 6.92 Å². The van der Waals surface area contributed by atoms with Crippen LogP contribution >= 0.6 is 11.8 Å². The lowest BCUT2D eigenvalue weighted by molar-refractivity contribution is -0.109. The quantitative estimate of drug-likeness (QED) is 0.705. The molecule has 5 heteroatoms. The average molecular weight is 255 g/mol. The first-order valence-electron chi connectivity index (χ1n) is 5.26. The van der Waals surface area contributed by atoms with Crippen LogP contribution in [-0.2, 0) is 4.79 Å². The Bertz CT molecular complexity index is 388. The third-order valence-corrected chi connectivity index (χ3v) is 3.20. The summed E-state index contributed by atoms with van der Waals surface area (Å²) >= 11 is 0.991. The van der Waals surface area contributed by atoms with Gasteiger partial charge in [-0.15, -0.1) is 0 Å². The van der Waals surface area contributed by atoms with Crippen molar-refractivity contribution < 1.29 is 15.0 Å². The highest BCUT2D eigenvalue weighted by atomic mass is 32.2. The number of nitrogens with two attached hydrogens (primary N) is 1. The lowest BCUT2D eigenvalue weighted by Crippen LogP contribution is -2.21. The lowest BCUT2D eigenvalue weighted by Gasteiger charge is -2.18. The van der Waals surface area contributed by atoms with Gasteiger partial charge in [0.2, 0.25) is 0 Å². The van der Waals surface area contributed by atoms with Crippen LogP contribution in [0.5, 0.6) is 0 Å². The molecule has 94 valence electrons. The summed E-state index contributed by atoms with van der Waals surface area (Å²) in [6.45, 7) is 3.29. The third-order valence-electron chi connectivity index (χ3n) is 2.29. The minimum atomic E-state index is -1.02. The van der Waals surface area contributed by atoms with E-state index in [0.29, 0.717) is 11.3 Å². The summed E-state index contributed by atoms with van der Waals surface area (Å²) in [5.41, 5.74) is 7.70. The van der Waals surface area contributed by atoms with E-state index in [0.717, 1.165) is 17.3 Å². The van der Waals surface area contributed by atoms with Crippen molar-refractivity contribution in [2.75, 3.05) is 11.5 Å². The number of thioether (sulfide) groups is 1. The second-order valence-corrected chi connectivity index (χ2v) is 5.19. The Balaban J connectivity index is 2.73. The predicted molar refractivity (Wildman–Crippen MR) is 69.7 cm³/mol. The van der Waals surface area contributed by atoms with Gasteiger partial charge in [0, 0.05) is 18.4 Å². The molecule has 0 heterocycles. The Morgan fingerprint density at radius 1 is 1.41 bits per heavy atom. The summed E-state index contributed by atoms with van der Waals surface area (Å²) < 4.78 is 0. The van der Waals surface area contributed by atoms with Crippen LogP contribution in [0.3, 0.4) is 0 Å². The predicted octanol–water partition coefficient (Wildman–Crippen LogP) is 1.25. The van der Waals surface area contributed by atoms with Crippen molar-refractivity contribution in [1.29, 1.82) is 0 Å². The molecule has 2 atom stereocenters. The Labute approximate surface area is 105 Å². The minimum absolute atomic E-state index is 0.0833. The van der Waals surface area contributed by atoms with Crippen LogP contribution in [0.1, 0.15) is 24.2 Å². The molecule has 0 aliphatic rings. The molecule has 4 nitrogen and oxygen atoms in total. The molecule has 0 aromatic heterocycles. The number of aliphatic hydroxyl groups excluding tert-OH is 2. The second kappa shape index (κ2) is 6.05. The van der Waals surface area contributed by atoms with Crippen LogP contribution in [0, 0.1) is 6.92 Å². The number of anilines is 1. The molecule has 0 aliphatic heterocycles. The van der Waals surface area contributed by atoms with Gasteiger partial charge >= 0.3 is 0 Å². The summed E-state index contributed by atoms with van der Waals surface area (Å²) in [7, 11) is 0. The standard InChI is InChI=1S/C12H17NO3S/c1-7-3-9(5-10(13)4-7)12(16)11(15)6-17-8(2)14/h3-5,11-12,15-16H,6,13H2,1-2H3. The van der Waals surface area contributed by atoms with Gasteiger partial charge in [0.25, 0.3) is 0 Å². The maximum absolute atomic E-state index is 10.8. The van der Waals surface area contributed by atoms with Crippen molar-refractivity contribution in [2.24, 2.45) is 0 Å². The van der Waals surface area contributed by atoms with Gasteiger partial charge < -0.3 is 15.9 Å². The van der Waals surface area contributed by atoms with E-state index in [1.54, 1.807) is 18.2 Å². The van der Waals surface area contributed by atoms with Gasteiger partial charge in [-0.3, -0.25) is 4.79 Å². The van der Waals surface area contributed by atoms with Crippen LogP contribution < -0.4 is 5.73 Å². The summed E-state index contributed by atoms with van der Waals surface area (Å²) in [6, 6.07) is 5.18. The summed E-state index contributed by atoms with van der Waals surface area (Å²) in [6.07, 6.45) is -2.01. The highest BCUT2D eigenvalue weighted by Gasteiger charge is 2.19. The van der Waals surface area contributed by atoms with E-state index < -0.39 is 12.2 Å². The molecule has 1 aromatic rings. The Kier molecular flexibility index (Phi) is 4.99. The van der Waals surface area contributed by atoms with Gasteiger partial charge in [0.1, 0.15) is 6.10 Å². The second-order valence-electron chi connectivity index (χ2n) is 3.99. The normalized spacial score (nSPS) is 14.4. The zero-order chi connectivity index (χ0) is 13.0. The van der Waals surface area contributed by atoms with E-state index in [2.05, 4.69) is 0 Å². The molecule has 0 spiro atoms. The molecule has 1 aromatic carbocycles. The maximum atomic E-state index is 10.8. The number of aliphatic hydroxyl groups is 2. The lowest BCUT2D eigenvalue weighted by atomic mass is 10.0. The average Bonchev–Trinajstić information content (AvgIpc) is 2.23. The molecule has 0 aliphatic carbocycles. The molecule has 0 saturated heterocycles. The number of aryl methyl sites for hydroxylation is 1. The molecule has 0 bridgehead atoms. The molecule has 0 fully saturated rings. The van der Waals surface area contributed by atoms with Gasteiger partial charge in [-0.25, -0.2) is 0 Å². The Hall–Kier alpha value is -1.04. The van der Waals surface area contributed by atoms with Crippen LogP contribution in [-0.4, -0.2) is 27.2 Å². The van der Waals surface area contributed by atoms with E-state index in [4.69, 9.17) is 5.73 Å². The van der Waals surface area contributed by atoms with E-state index >= 15 is 0 Å². The summed E-state index contributed by atoms with van der Waals surface area (Å²) in [5.74, 6) is 0.171. The topological polar surface area (TPSA) is 83.5 Å². The molecule has 0 saturated carbocycles. The highest BCUT2D eigenvalue weighted by Crippen LogP contribution is 2.23. The number of hydrogen-bond donors (Lipinski definition) is 3. The van der Waals surface area contributed by atoms with Gasteiger partial charge in [0.05, 0.1) is 6.10 Å². The SMILES string of the molecule is CC(=O)SCC(O)C(O)c1cc(C)cc(N)c1. The molecule has 0 radical (unpaired) electrons. The molecular formula is C12H17NO3S. The first kappa shape index (κ1) is 14.0. The van der Waals surface area contributed by atoms with Crippen LogP contribution in [0.25, 0.3) is 0 Å². The third kappa shape index (κ3) is 4.38. The van der Waals surface area contributed by atoms with Crippen molar-refractivity contribution in [3.63, 3.8) is 0 Å². The number of nitrogen functional groups attached to an aromatic ring is 1. The highest BCUT2D eigenvalue weighted by molar-refractivity contribution is 8.13. The molecule has 17 heavy (non-hydrogen) atoms. The van der Waals surface area contributed by atoms with Crippen LogP contribution in [0.15, 0.2) is 18.2 Å². The minimum Gasteiger partial charge on any atom is -0.399 e. The fourth-order valence-corrected chi connectivity index (χ4v) is 2.12. The zero-order valence-corrected chi connectivity index (χ0v) is 10.7. The van der Waals surface area contributed by atoms with Gasteiger partial charge in [-0.1, -0.05) is 17.8 Å². The molecule has 1 rings (SSSR count). The molecule has 2 unspecified atom stereocenters. The number of carbonyl (C=O) groups is 1. The van der Waals surface area contributed by atoms with E-state index in [9.17, 15) is 15.0 Å². The largest absolute Gasteiger partial charge is 0.399 e.